The molecule has 4 aromatic carbocycles. The summed E-state index contributed by atoms with van der Waals surface area (Å²) in [5.74, 6) is -4.05. The third-order valence-corrected chi connectivity index (χ3v) is 5.73. The number of ether oxygens (including phenoxy) is 1. The molecule has 34 heavy (non-hydrogen) atoms. The van der Waals surface area contributed by atoms with Crippen LogP contribution in [0.15, 0.2) is 72.8 Å². The van der Waals surface area contributed by atoms with Gasteiger partial charge in [0.2, 0.25) is 5.82 Å². The Labute approximate surface area is 196 Å². The summed E-state index contributed by atoms with van der Waals surface area (Å²) < 4.78 is 62.6. The van der Waals surface area contributed by atoms with Crippen molar-refractivity contribution >= 4 is 12.2 Å². The highest BCUT2D eigenvalue weighted by atomic mass is 19.2. The molecule has 172 valence electrons. The van der Waals surface area contributed by atoms with Crippen molar-refractivity contribution in [2.45, 2.75) is 13.3 Å². The lowest BCUT2D eigenvalue weighted by Gasteiger charge is -2.08. The van der Waals surface area contributed by atoms with E-state index in [0.717, 1.165) is 12.0 Å². The molecule has 0 heterocycles. The average molecular weight is 462 g/mol. The summed E-state index contributed by atoms with van der Waals surface area (Å²) in [5, 5.41) is 0. The molecule has 4 rings (SSSR count). The fraction of sp³-hybridized carbons (Fsp3) is 0.103. The molecule has 0 aliphatic rings. The van der Waals surface area contributed by atoms with Gasteiger partial charge < -0.3 is 4.74 Å². The molecule has 0 aromatic heterocycles. The van der Waals surface area contributed by atoms with Crippen LogP contribution in [0.25, 0.3) is 34.4 Å². The summed E-state index contributed by atoms with van der Waals surface area (Å²) in [6.07, 6.45) is 3.97. The smallest absolute Gasteiger partial charge is 0.201 e. The van der Waals surface area contributed by atoms with Gasteiger partial charge in [0.25, 0.3) is 0 Å². The first-order valence-corrected chi connectivity index (χ1v) is 10.8. The number of methoxy groups -OCH3 is 1. The van der Waals surface area contributed by atoms with E-state index in [1.165, 1.54) is 31.4 Å². The van der Waals surface area contributed by atoms with Crippen LogP contribution in [0.2, 0.25) is 0 Å². The van der Waals surface area contributed by atoms with E-state index >= 15 is 0 Å². The van der Waals surface area contributed by atoms with Crippen molar-refractivity contribution < 1.29 is 22.3 Å². The van der Waals surface area contributed by atoms with Gasteiger partial charge in [-0.05, 0) is 40.8 Å². The van der Waals surface area contributed by atoms with Gasteiger partial charge in [0, 0.05) is 16.7 Å². The Morgan fingerprint density at radius 2 is 1.18 bits per heavy atom. The molecule has 0 aliphatic carbocycles. The normalized spacial score (nSPS) is 11.2. The maximum Gasteiger partial charge on any atom is 0.201 e. The maximum atomic E-state index is 14.7. The van der Waals surface area contributed by atoms with Crippen LogP contribution in [0.1, 0.15) is 23.6 Å². The van der Waals surface area contributed by atoms with Crippen molar-refractivity contribution in [3.63, 3.8) is 0 Å². The predicted molar refractivity (Wildman–Crippen MR) is 128 cm³/mol. The van der Waals surface area contributed by atoms with Gasteiger partial charge in [-0.2, -0.15) is 4.39 Å². The van der Waals surface area contributed by atoms with Gasteiger partial charge in [-0.25, -0.2) is 13.2 Å². The third-order valence-electron chi connectivity index (χ3n) is 5.73. The molecule has 5 heteroatoms. The fourth-order valence-electron chi connectivity index (χ4n) is 3.71. The van der Waals surface area contributed by atoms with Crippen molar-refractivity contribution in [2.75, 3.05) is 7.11 Å². The molecule has 0 spiro atoms. The largest absolute Gasteiger partial charge is 0.494 e. The second kappa shape index (κ2) is 9.96. The topological polar surface area (TPSA) is 9.23 Å². The molecular formula is C29H22F4O. The number of rotatable bonds is 6. The Morgan fingerprint density at radius 1 is 0.618 bits per heavy atom. The highest BCUT2D eigenvalue weighted by molar-refractivity contribution is 5.74. The number of hydrogen-bond donors (Lipinski definition) is 0. The zero-order valence-electron chi connectivity index (χ0n) is 18.7. The molecule has 0 amide bonds. The van der Waals surface area contributed by atoms with E-state index < -0.39 is 23.3 Å². The molecule has 0 radical (unpaired) electrons. The molecule has 1 nitrogen and oxygen atoms in total. The minimum Gasteiger partial charge on any atom is -0.494 e. The van der Waals surface area contributed by atoms with Gasteiger partial charge in [0.15, 0.2) is 23.2 Å². The zero-order valence-corrected chi connectivity index (χ0v) is 18.7. The number of aryl methyl sites for hydroxylation is 1. The van der Waals surface area contributed by atoms with E-state index in [4.69, 9.17) is 4.74 Å². The standard InChI is InChI=1S/C29H22F4O/c1-3-18-4-9-20(10-5-18)23-15-14-22(26(30)27(23)31)13-8-19-6-11-21(12-7-19)24-16-17-25(34-2)29(33)28(24)32/h4-17H,3H2,1-2H3/b13-8+. The lowest BCUT2D eigenvalue weighted by atomic mass is 10.00. The molecule has 0 atom stereocenters. The zero-order chi connectivity index (χ0) is 24.2. The van der Waals surface area contributed by atoms with Crippen LogP contribution < -0.4 is 4.74 Å². The fourth-order valence-corrected chi connectivity index (χ4v) is 3.71. The van der Waals surface area contributed by atoms with Crippen LogP contribution >= 0.6 is 0 Å². The molecule has 0 N–H and O–H groups in total. The first kappa shape index (κ1) is 23.3. The van der Waals surface area contributed by atoms with E-state index in [1.54, 1.807) is 48.5 Å². The second-order valence-electron chi connectivity index (χ2n) is 7.78. The Kier molecular flexibility index (Phi) is 6.82. The van der Waals surface area contributed by atoms with Gasteiger partial charge in [0.1, 0.15) is 0 Å². The average Bonchev–Trinajstić information content (AvgIpc) is 2.87. The van der Waals surface area contributed by atoms with E-state index in [1.807, 2.05) is 19.1 Å². The number of benzene rings is 4. The van der Waals surface area contributed by atoms with Gasteiger partial charge in [-0.3, -0.25) is 0 Å². The molecule has 0 saturated carbocycles. The minimum atomic E-state index is -1.05. The molecule has 0 bridgehead atoms. The van der Waals surface area contributed by atoms with Gasteiger partial charge in [-0.15, -0.1) is 0 Å². The monoisotopic (exact) mass is 462 g/mol. The van der Waals surface area contributed by atoms with Crippen LogP contribution in [0, 0.1) is 23.3 Å². The molecule has 0 fully saturated rings. The second-order valence-corrected chi connectivity index (χ2v) is 7.78. The minimum absolute atomic E-state index is 0.101. The van der Waals surface area contributed by atoms with Crippen molar-refractivity contribution in [2.24, 2.45) is 0 Å². The van der Waals surface area contributed by atoms with Crippen LogP contribution in [-0.4, -0.2) is 7.11 Å². The number of hydrogen-bond acceptors (Lipinski definition) is 1. The van der Waals surface area contributed by atoms with E-state index in [0.29, 0.717) is 16.7 Å². The number of halogens is 4. The first-order valence-electron chi connectivity index (χ1n) is 10.8. The predicted octanol–water partition coefficient (Wildman–Crippen LogP) is 8.32. The molecule has 0 saturated heterocycles. The summed E-state index contributed by atoms with van der Waals surface area (Å²) in [7, 11) is 1.27. The Morgan fingerprint density at radius 3 is 1.76 bits per heavy atom. The Bertz CT molecular complexity index is 1340. The van der Waals surface area contributed by atoms with E-state index in [-0.39, 0.29) is 22.4 Å². The van der Waals surface area contributed by atoms with Crippen LogP contribution in [0.5, 0.6) is 5.75 Å². The van der Waals surface area contributed by atoms with E-state index in [9.17, 15) is 17.6 Å². The lowest BCUT2D eigenvalue weighted by Crippen LogP contribution is -1.95. The Hall–Kier alpha value is -3.86. The molecule has 0 unspecified atom stereocenters. The summed E-state index contributed by atoms with van der Waals surface area (Å²) >= 11 is 0. The van der Waals surface area contributed by atoms with Gasteiger partial charge in [-0.1, -0.05) is 79.7 Å². The van der Waals surface area contributed by atoms with Crippen molar-refractivity contribution in [1.29, 1.82) is 0 Å². The van der Waals surface area contributed by atoms with E-state index in [2.05, 4.69) is 0 Å². The molecule has 0 aliphatic heterocycles. The summed E-state index contributed by atoms with van der Waals surface area (Å²) in [6, 6.07) is 19.9. The summed E-state index contributed by atoms with van der Waals surface area (Å²) in [4.78, 5) is 0. The highest BCUT2D eigenvalue weighted by Crippen LogP contribution is 2.31. The first-order chi connectivity index (χ1) is 16.4. The maximum absolute atomic E-state index is 14.7. The van der Waals surface area contributed by atoms with Crippen molar-refractivity contribution in [1.82, 2.24) is 0 Å². The summed E-state index contributed by atoms with van der Waals surface area (Å²) in [6.45, 7) is 2.03. The third kappa shape index (κ3) is 4.60. The van der Waals surface area contributed by atoms with Crippen molar-refractivity contribution in [3.05, 3.63) is 113 Å². The highest BCUT2D eigenvalue weighted by Gasteiger charge is 2.15. The van der Waals surface area contributed by atoms with Gasteiger partial charge >= 0.3 is 0 Å². The van der Waals surface area contributed by atoms with Crippen molar-refractivity contribution in [3.8, 4) is 28.0 Å². The Balaban J connectivity index is 1.56. The quantitative estimate of drug-likeness (QED) is 0.207. The molecular weight excluding hydrogens is 440 g/mol. The van der Waals surface area contributed by atoms with Crippen LogP contribution in [0.4, 0.5) is 17.6 Å². The van der Waals surface area contributed by atoms with Crippen LogP contribution in [-0.2, 0) is 6.42 Å². The van der Waals surface area contributed by atoms with Crippen LogP contribution in [0.3, 0.4) is 0 Å². The summed E-state index contributed by atoms with van der Waals surface area (Å²) in [5.41, 5.74) is 3.32. The molecule has 4 aromatic rings. The SMILES string of the molecule is CCc1ccc(-c2ccc(/C=C/c3ccc(-c4ccc(OC)c(F)c4F)cc3)c(F)c2F)cc1. The lowest BCUT2D eigenvalue weighted by molar-refractivity contribution is 0.372. The van der Waals surface area contributed by atoms with Gasteiger partial charge in [0.05, 0.1) is 7.11 Å².